The van der Waals surface area contributed by atoms with Crippen LogP contribution in [-0.4, -0.2) is 73.7 Å². The highest BCUT2D eigenvalue weighted by Crippen LogP contribution is 2.40. The van der Waals surface area contributed by atoms with Crippen molar-refractivity contribution in [3.8, 4) is 6.07 Å². The number of thioether (sulfide) groups is 1. The first-order chi connectivity index (χ1) is 13.9. The number of carbonyl (C=O) groups is 1. The molecule has 5 atom stereocenters. The molecular weight excluding hydrogens is 400 g/mol. The van der Waals surface area contributed by atoms with Crippen LogP contribution in [0.2, 0.25) is 0 Å². The molecular formula is C17H22N6O5S. The summed E-state index contributed by atoms with van der Waals surface area (Å²) < 4.78 is 12.2. The zero-order chi connectivity index (χ0) is 21.2. The van der Waals surface area contributed by atoms with Crippen LogP contribution >= 0.6 is 11.8 Å². The molecule has 1 aliphatic rings. The molecule has 0 unspecified atom stereocenters. The normalized spacial score (nSPS) is 27.6. The SMILES string of the molecule is CSCC[C@H](N)C(=O)OC[C@H]1O[C@@](C#N)(c2ccc3c(N)ncnn23)[C@H](O)[C@@H]1O. The van der Waals surface area contributed by atoms with Gasteiger partial charge in [0.1, 0.15) is 48.9 Å². The number of ether oxygens (including phenoxy) is 2. The van der Waals surface area contributed by atoms with Crippen LogP contribution in [0, 0.1) is 11.3 Å². The van der Waals surface area contributed by atoms with Crippen LogP contribution in [0.5, 0.6) is 0 Å². The lowest BCUT2D eigenvalue weighted by molar-refractivity contribution is -0.152. The fourth-order valence-corrected chi connectivity index (χ4v) is 3.67. The summed E-state index contributed by atoms with van der Waals surface area (Å²) in [5.74, 6) is 0.228. The van der Waals surface area contributed by atoms with Gasteiger partial charge < -0.3 is 31.2 Å². The lowest BCUT2D eigenvalue weighted by Gasteiger charge is -2.24. The second-order valence-electron chi connectivity index (χ2n) is 6.62. The Balaban J connectivity index is 1.80. The smallest absolute Gasteiger partial charge is 0.323 e. The molecule has 0 radical (unpaired) electrons. The molecule has 0 saturated carbocycles. The van der Waals surface area contributed by atoms with Crippen molar-refractivity contribution in [1.29, 1.82) is 5.26 Å². The Morgan fingerprint density at radius 2 is 2.31 bits per heavy atom. The number of aromatic nitrogens is 3. The summed E-state index contributed by atoms with van der Waals surface area (Å²) in [5, 5.41) is 34.9. The van der Waals surface area contributed by atoms with Gasteiger partial charge in [-0.05, 0) is 30.6 Å². The maximum Gasteiger partial charge on any atom is 0.323 e. The van der Waals surface area contributed by atoms with Gasteiger partial charge in [0.2, 0.25) is 5.60 Å². The van der Waals surface area contributed by atoms with Gasteiger partial charge in [0.05, 0.1) is 5.69 Å². The molecule has 3 heterocycles. The summed E-state index contributed by atoms with van der Waals surface area (Å²) in [4.78, 5) is 15.9. The van der Waals surface area contributed by atoms with Gasteiger partial charge in [-0.1, -0.05) is 0 Å². The van der Waals surface area contributed by atoms with E-state index in [1.165, 1.54) is 16.9 Å². The molecule has 12 heteroatoms. The second kappa shape index (κ2) is 8.52. The van der Waals surface area contributed by atoms with Gasteiger partial charge in [-0.25, -0.2) is 9.50 Å². The van der Waals surface area contributed by atoms with Crippen LogP contribution in [0.15, 0.2) is 18.5 Å². The van der Waals surface area contributed by atoms with Crippen molar-refractivity contribution in [1.82, 2.24) is 14.6 Å². The highest BCUT2D eigenvalue weighted by Gasteiger charge is 2.57. The van der Waals surface area contributed by atoms with Crippen molar-refractivity contribution in [2.75, 3.05) is 24.3 Å². The molecule has 29 heavy (non-hydrogen) atoms. The number of nitrogens with zero attached hydrogens (tertiary/aromatic N) is 4. The molecule has 156 valence electrons. The van der Waals surface area contributed by atoms with Crippen molar-refractivity contribution in [2.45, 2.75) is 36.4 Å². The number of aliphatic hydroxyl groups excluding tert-OH is 2. The third-order valence-corrected chi connectivity index (χ3v) is 5.46. The summed E-state index contributed by atoms with van der Waals surface area (Å²) in [6, 6.07) is 4.19. The number of hydrogen-bond donors (Lipinski definition) is 4. The third kappa shape index (κ3) is 3.75. The number of anilines is 1. The Morgan fingerprint density at radius 1 is 1.55 bits per heavy atom. The van der Waals surface area contributed by atoms with E-state index in [1.54, 1.807) is 17.8 Å². The van der Waals surface area contributed by atoms with Crippen LogP contribution in [0.3, 0.4) is 0 Å². The zero-order valence-corrected chi connectivity index (χ0v) is 16.5. The van der Waals surface area contributed by atoms with E-state index in [4.69, 9.17) is 20.9 Å². The molecule has 2 aromatic rings. The number of hydrogen-bond acceptors (Lipinski definition) is 11. The minimum absolute atomic E-state index is 0.168. The Morgan fingerprint density at radius 3 is 3.00 bits per heavy atom. The lowest BCUT2D eigenvalue weighted by Crippen LogP contribution is -2.41. The van der Waals surface area contributed by atoms with Gasteiger partial charge in [-0.15, -0.1) is 0 Å². The van der Waals surface area contributed by atoms with Crippen LogP contribution in [0.25, 0.3) is 5.52 Å². The summed E-state index contributed by atoms with van der Waals surface area (Å²) in [6.45, 7) is -0.367. The lowest BCUT2D eigenvalue weighted by atomic mass is 9.92. The van der Waals surface area contributed by atoms with E-state index in [1.807, 2.05) is 12.3 Å². The number of nitriles is 1. The summed E-state index contributed by atoms with van der Waals surface area (Å²) >= 11 is 1.55. The van der Waals surface area contributed by atoms with Gasteiger partial charge in [-0.3, -0.25) is 4.79 Å². The zero-order valence-electron chi connectivity index (χ0n) is 15.6. The van der Waals surface area contributed by atoms with E-state index >= 15 is 0 Å². The minimum atomic E-state index is -1.94. The number of rotatable bonds is 7. The average molecular weight is 422 g/mol. The standard InChI is InChI=1S/C17H22N6O5S/c1-29-5-4-9(19)16(26)27-6-11-13(24)14(25)17(7-18,28-11)12-3-2-10-15(20)21-8-22-23(10)12/h2-3,8-9,11,13-14,24-25H,4-6,19H2,1H3,(H2,20,21,22)/t9-,11+,13+,14+,17-/m0/s1. The highest BCUT2D eigenvalue weighted by atomic mass is 32.2. The molecule has 2 aromatic heterocycles. The Bertz CT molecular complexity index is 933. The number of carbonyl (C=O) groups excluding carboxylic acids is 1. The van der Waals surface area contributed by atoms with E-state index in [2.05, 4.69) is 10.1 Å². The molecule has 6 N–H and O–H groups in total. The largest absolute Gasteiger partial charge is 0.462 e. The van der Waals surface area contributed by atoms with Crippen molar-refractivity contribution in [2.24, 2.45) is 5.73 Å². The number of esters is 1. The molecule has 0 aromatic carbocycles. The molecule has 0 spiro atoms. The minimum Gasteiger partial charge on any atom is -0.462 e. The van der Waals surface area contributed by atoms with Gasteiger partial charge in [0, 0.05) is 0 Å². The molecule has 0 bridgehead atoms. The predicted molar refractivity (Wildman–Crippen MR) is 104 cm³/mol. The summed E-state index contributed by atoms with van der Waals surface area (Å²) in [7, 11) is 0. The monoisotopic (exact) mass is 422 g/mol. The number of fused-ring (bicyclic) bond motifs is 1. The first-order valence-electron chi connectivity index (χ1n) is 8.80. The van der Waals surface area contributed by atoms with Gasteiger partial charge in [-0.2, -0.15) is 22.1 Å². The van der Waals surface area contributed by atoms with Gasteiger partial charge in [0.15, 0.2) is 5.82 Å². The maximum atomic E-state index is 12.0. The number of aliphatic hydroxyl groups is 2. The van der Waals surface area contributed by atoms with Crippen LogP contribution in [-0.2, 0) is 19.9 Å². The first kappa shape index (κ1) is 21.3. The molecule has 1 saturated heterocycles. The van der Waals surface area contributed by atoms with Crippen LogP contribution < -0.4 is 11.5 Å². The van der Waals surface area contributed by atoms with Crippen molar-refractivity contribution in [3.05, 3.63) is 24.2 Å². The van der Waals surface area contributed by atoms with Gasteiger partial charge >= 0.3 is 5.97 Å². The quantitative estimate of drug-likeness (QED) is 0.392. The first-order valence-corrected chi connectivity index (χ1v) is 10.2. The fraction of sp³-hybridized carbons (Fsp3) is 0.529. The molecule has 0 amide bonds. The second-order valence-corrected chi connectivity index (χ2v) is 7.60. The molecule has 1 aliphatic heterocycles. The van der Waals surface area contributed by atoms with E-state index in [0.717, 1.165) is 0 Å². The van der Waals surface area contributed by atoms with Crippen molar-refractivity contribution >= 4 is 29.1 Å². The maximum absolute atomic E-state index is 12.0. The summed E-state index contributed by atoms with van der Waals surface area (Å²) in [6.07, 6.45) is -0.690. The highest BCUT2D eigenvalue weighted by molar-refractivity contribution is 7.98. The van der Waals surface area contributed by atoms with E-state index < -0.39 is 35.9 Å². The molecule has 1 fully saturated rings. The molecule has 11 nitrogen and oxygen atoms in total. The molecule has 0 aliphatic carbocycles. The molecule has 3 rings (SSSR count). The average Bonchev–Trinajstić information content (AvgIpc) is 3.26. The van der Waals surface area contributed by atoms with Gasteiger partial charge in [0.25, 0.3) is 0 Å². The summed E-state index contributed by atoms with van der Waals surface area (Å²) in [5.41, 5.74) is 10.2. The topological polar surface area (TPSA) is 182 Å². The number of nitrogens with two attached hydrogens (primary N) is 2. The van der Waals surface area contributed by atoms with E-state index in [-0.39, 0.29) is 18.1 Å². The Labute approximate surface area is 170 Å². The van der Waals surface area contributed by atoms with Crippen LogP contribution in [0.4, 0.5) is 5.82 Å². The Kier molecular flexibility index (Phi) is 6.25. The van der Waals surface area contributed by atoms with E-state index in [0.29, 0.717) is 17.7 Å². The third-order valence-electron chi connectivity index (χ3n) is 4.81. The Hall–Kier alpha value is -2.43. The van der Waals surface area contributed by atoms with Crippen molar-refractivity contribution in [3.63, 3.8) is 0 Å². The van der Waals surface area contributed by atoms with E-state index in [9.17, 15) is 20.3 Å². The van der Waals surface area contributed by atoms with Crippen LogP contribution in [0.1, 0.15) is 12.1 Å². The number of nitrogen functional groups attached to an aromatic ring is 1. The van der Waals surface area contributed by atoms with Crippen molar-refractivity contribution < 1.29 is 24.5 Å². The fourth-order valence-electron chi connectivity index (χ4n) is 3.18. The predicted octanol–water partition coefficient (Wildman–Crippen LogP) is -1.23.